The quantitative estimate of drug-likeness (QED) is 0.780. The van der Waals surface area contributed by atoms with Gasteiger partial charge in [0, 0.05) is 24.3 Å². The molecule has 0 spiro atoms. The van der Waals surface area contributed by atoms with Crippen LogP contribution in [-0.2, 0) is 9.53 Å². The monoisotopic (exact) mass is 301 g/mol. The minimum atomic E-state index is -0.333. The molecule has 2 N–H and O–H groups in total. The number of hydrogen-bond acceptors (Lipinski definition) is 4. The van der Waals surface area contributed by atoms with Crippen molar-refractivity contribution in [3.8, 4) is 0 Å². The van der Waals surface area contributed by atoms with Gasteiger partial charge in [0.25, 0.3) is 0 Å². The van der Waals surface area contributed by atoms with Gasteiger partial charge in [-0.05, 0) is 35.0 Å². The highest BCUT2D eigenvalue weighted by molar-refractivity contribution is 9.10. The zero-order valence-corrected chi connectivity index (χ0v) is 11.5. The van der Waals surface area contributed by atoms with Gasteiger partial charge in [0.1, 0.15) is 11.9 Å². The molecule has 1 aromatic heterocycles. The summed E-state index contributed by atoms with van der Waals surface area (Å²) in [6.45, 7) is 2.80. The molecule has 0 aliphatic carbocycles. The standard InChI is InChI=1S/C11H16BrN3O2/c1-8(11(16)13-5-6-17-2)15-10-4-3-9(12)7-14-10/h3-4,7-8H,5-6H2,1-2H3,(H,13,16)(H,14,15). The molecule has 0 aliphatic rings. The molecule has 1 unspecified atom stereocenters. The Kier molecular flexibility index (Phi) is 5.93. The third kappa shape index (κ3) is 5.14. The summed E-state index contributed by atoms with van der Waals surface area (Å²) in [5.74, 6) is 0.592. The maximum atomic E-state index is 11.6. The number of halogens is 1. The van der Waals surface area contributed by atoms with Gasteiger partial charge >= 0.3 is 0 Å². The summed E-state index contributed by atoms with van der Waals surface area (Å²) in [6, 6.07) is 3.34. The highest BCUT2D eigenvalue weighted by atomic mass is 79.9. The summed E-state index contributed by atoms with van der Waals surface area (Å²) in [4.78, 5) is 15.8. The SMILES string of the molecule is COCCNC(=O)C(C)Nc1ccc(Br)cn1. The van der Waals surface area contributed by atoms with E-state index in [2.05, 4.69) is 31.5 Å². The number of carbonyl (C=O) groups is 1. The van der Waals surface area contributed by atoms with Crippen molar-refractivity contribution in [1.82, 2.24) is 10.3 Å². The van der Waals surface area contributed by atoms with Crippen molar-refractivity contribution in [2.24, 2.45) is 0 Å². The van der Waals surface area contributed by atoms with E-state index in [4.69, 9.17) is 4.74 Å². The van der Waals surface area contributed by atoms with Gasteiger partial charge in [-0.1, -0.05) is 0 Å². The Labute approximate surface area is 109 Å². The Morgan fingerprint density at radius 2 is 2.35 bits per heavy atom. The molecule has 0 radical (unpaired) electrons. The molecule has 1 rings (SSSR count). The second kappa shape index (κ2) is 7.24. The molecule has 0 fully saturated rings. The smallest absolute Gasteiger partial charge is 0.242 e. The lowest BCUT2D eigenvalue weighted by molar-refractivity contribution is -0.121. The number of pyridine rings is 1. The topological polar surface area (TPSA) is 63.2 Å². The molecule has 0 saturated carbocycles. The summed E-state index contributed by atoms with van der Waals surface area (Å²) < 4.78 is 5.75. The van der Waals surface area contributed by atoms with Crippen molar-refractivity contribution in [2.75, 3.05) is 25.6 Å². The molecule has 0 aromatic carbocycles. The van der Waals surface area contributed by atoms with Crippen molar-refractivity contribution in [3.63, 3.8) is 0 Å². The van der Waals surface area contributed by atoms with Crippen LogP contribution in [0.25, 0.3) is 0 Å². The van der Waals surface area contributed by atoms with Crippen LogP contribution in [0.1, 0.15) is 6.92 Å². The summed E-state index contributed by atoms with van der Waals surface area (Å²) in [7, 11) is 1.60. The first-order valence-electron chi connectivity index (χ1n) is 5.28. The third-order valence-corrected chi connectivity index (χ3v) is 2.56. The maximum Gasteiger partial charge on any atom is 0.242 e. The normalized spacial score (nSPS) is 11.9. The molecule has 1 heterocycles. The predicted octanol–water partition coefficient (Wildman–Crippen LogP) is 1.41. The minimum Gasteiger partial charge on any atom is -0.383 e. The van der Waals surface area contributed by atoms with E-state index in [1.807, 2.05) is 12.1 Å². The van der Waals surface area contributed by atoms with E-state index in [-0.39, 0.29) is 11.9 Å². The zero-order chi connectivity index (χ0) is 12.7. The van der Waals surface area contributed by atoms with E-state index in [1.54, 1.807) is 20.2 Å². The molecule has 0 saturated heterocycles. The van der Waals surface area contributed by atoms with Gasteiger partial charge in [-0.25, -0.2) is 4.98 Å². The van der Waals surface area contributed by atoms with Crippen molar-refractivity contribution in [1.29, 1.82) is 0 Å². The Morgan fingerprint density at radius 1 is 1.59 bits per heavy atom. The fourth-order valence-electron chi connectivity index (χ4n) is 1.18. The number of hydrogen-bond donors (Lipinski definition) is 2. The number of ether oxygens (including phenoxy) is 1. The van der Waals surface area contributed by atoms with Crippen LogP contribution in [0.3, 0.4) is 0 Å². The van der Waals surface area contributed by atoms with Gasteiger partial charge in [0.2, 0.25) is 5.91 Å². The maximum absolute atomic E-state index is 11.6. The van der Waals surface area contributed by atoms with Crippen LogP contribution in [0.15, 0.2) is 22.8 Å². The number of nitrogens with one attached hydrogen (secondary N) is 2. The predicted molar refractivity (Wildman–Crippen MR) is 69.9 cm³/mol. The second-order valence-corrected chi connectivity index (χ2v) is 4.43. The van der Waals surface area contributed by atoms with Gasteiger partial charge in [-0.15, -0.1) is 0 Å². The number of carbonyl (C=O) groups excluding carboxylic acids is 1. The molecular weight excluding hydrogens is 286 g/mol. The summed E-state index contributed by atoms with van der Waals surface area (Å²) in [5.41, 5.74) is 0. The fraction of sp³-hybridized carbons (Fsp3) is 0.455. The van der Waals surface area contributed by atoms with Crippen LogP contribution in [0.5, 0.6) is 0 Å². The molecule has 0 bridgehead atoms. The molecule has 1 atom stereocenters. The first kappa shape index (κ1) is 13.9. The number of rotatable bonds is 6. The Bertz CT molecular complexity index is 356. The fourth-order valence-corrected chi connectivity index (χ4v) is 1.41. The van der Waals surface area contributed by atoms with E-state index in [0.29, 0.717) is 19.0 Å². The second-order valence-electron chi connectivity index (χ2n) is 3.51. The van der Waals surface area contributed by atoms with Crippen LogP contribution in [0.2, 0.25) is 0 Å². The highest BCUT2D eigenvalue weighted by Gasteiger charge is 2.11. The Hall–Kier alpha value is -1.14. The van der Waals surface area contributed by atoms with Gasteiger partial charge < -0.3 is 15.4 Å². The lowest BCUT2D eigenvalue weighted by atomic mass is 10.3. The first-order valence-corrected chi connectivity index (χ1v) is 6.07. The molecule has 94 valence electrons. The molecule has 0 aliphatic heterocycles. The van der Waals surface area contributed by atoms with Crippen LogP contribution in [0.4, 0.5) is 5.82 Å². The third-order valence-electron chi connectivity index (χ3n) is 2.09. The molecule has 1 amide bonds. The number of amides is 1. The van der Waals surface area contributed by atoms with E-state index < -0.39 is 0 Å². The number of aromatic nitrogens is 1. The number of anilines is 1. The number of methoxy groups -OCH3 is 1. The lowest BCUT2D eigenvalue weighted by Gasteiger charge is -2.14. The van der Waals surface area contributed by atoms with Crippen LogP contribution in [0, 0.1) is 0 Å². The van der Waals surface area contributed by atoms with Crippen molar-refractivity contribution < 1.29 is 9.53 Å². The van der Waals surface area contributed by atoms with E-state index in [0.717, 1.165) is 4.47 Å². The average molecular weight is 302 g/mol. The van der Waals surface area contributed by atoms with E-state index in [9.17, 15) is 4.79 Å². The highest BCUT2D eigenvalue weighted by Crippen LogP contribution is 2.11. The van der Waals surface area contributed by atoms with E-state index in [1.165, 1.54) is 0 Å². The van der Waals surface area contributed by atoms with E-state index >= 15 is 0 Å². The van der Waals surface area contributed by atoms with Gasteiger partial charge in [0.05, 0.1) is 6.61 Å². The average Bonchev–Trinajstić information content (AvgIpc) is 2.32. The van der Waals surface area contributed by atoms with Crippen molar-refractivity contribution >= 4 is 27.7 Å². The zero-order valence-electron chi connectivity index (χ0n) is 9.87. The summed E-state index contributed by atoms with van der Waals surface area (Å²) >= 11 is 3.30. The first-order chi connectivity index (χ1) is 8.13. The van der Waals surface area contributed by atoms with Gasteiger partial charge in [-0.2, -0.15) is 0 Å². The molecule has 1 aromatic rings. The Morgan fingerprint density at radius 3 is 2.94 bits per heavy atom. The summed E-state index contributed by atoms with van der Waals surface area (Å²) in [5, 5.41) is 5.76. The lowest BCUT2D eigenvalue weighted by Crippen LogP contribution is -2.39. The van der Waals surface area contributed by atoms with Gasteiger partial charge in [-0.3, -0.25) is 4.79 Å². The molecule has 17 heavy (non-hydrogen) atoms. The van der Waals surface area contributed by atoms with Gasteiger partial charge in [0.15, 0.2) is 0 Å². The van der Waals surface area contributed by atoms with Crippen LogP contribution < -0.4 is 10.6 Å². The molecule has 6 heteroatoms. The largest absolute Gasteiger partial charge is 0.383 e. The van der Waals surface area contributed by atoms with Crippen LogP contribution in [-0.4, -0.2) is 37.2 Å². The van der Waals surface area contributed by atoms with Crippen molar-refractivity contribution in [2.45, 2.75) is 13.0 Å². The minimum absolute atomic E-state index is 0.0771. The number of nitrogens with zero attached hydrogens (tertiary/aromatic N) is 1. The Balaban J connectivity index is 2.40. The van der Waals surface area contributed by atoms with Crippen LogP contribution >= 0.6 is 15.9 Å². The van der Waals surface area contributed by atoms with Crippen molar-refractivity contribution in [3.05, 3.63) is 22.8 Å². The molecular formula is C11H16BrN3O2. The summed E-state index contributed by atoms with van der Waals surface area (Å²) in [6.07, 6.45) is 1.68. The molecule has 5 nitrogen and oxygen atoms in total.